The molecule has 0 fully saturated rings. The molecule has 4 aromatic rings. The number of phenols is 1. The zero-order valence-corrected chi connectivity index (χ0v) is 19.3. The Balaban J connectivity index is 1.71. The van der Waals surface area contributed by atoms with E-state index in [2.05, 4.69) is 21.9 Å². The number of rotatable bonds is 9. The van der Waals surface area contributed by atoms with E-state index in [0.29, 0.717) is 40.4 Å². The van der Waals surface area contributed by atoms with E-state index in [-0.39, 0.29) is 5.75 Å². The van der Waals surface area contributed by atoms with Gasteiger partial charge in [0.05, 0.1) is 17.2 Å². The van der Waals surface area contributed by atoms with E-state index in [1.165, 1.54) is 12.5 Å². The van der Waals surface area contributed by atoms with Crippen molar-refractivity contribution in [2.45, 2.75) is 32.6 Å². The van der Waals surface area contributed by atoms with Crippen LogP contribution < -0.4 is 4.74 Å². The molecular weight excluding hydrogens is 434 g/mol. The summed E-state index contributed by atoms with van der Waals surface area (Å²) in [6.45, 7) is 2.72. The van der Waals surface area contributed by atoms with Gasteiger partial charge in [-0.15, -0.1) is 0 Å². The number of benzene rings is 3. The van der Waals surface area contributed by atoms with E-state index in [1.807, 2.05) is 60.7 Å². The number of nitrogens with zero attached hydrogens (tertiary/aromatic N) is 3. The molecule has 0 spiro atoms. The average Bonchev–Trinajstić information content (AvgIpc) is 2.86. The first-order valence-electron chi connectivity index (χ1n) is 11.2. The van der Waals surface area contributed by atoms with E-state index in [4.69, 9.17) is 16.3 Å². The number of ether oxygens (including phenoxy) is 1. The van der Waals surface area contributed by atoms with Crippen LogP contribution in [0.5, 0.6) is 11.5 Å². The minimum atomic E-state index is 0.00665. The summed E-state index contributed by atoms with van der Waals surface area (Å²) >= 11 is 6.50. The normalized spacial score (nSPS) is 10.8. The van der Waals surface area contributed by atoms with Crippen LogP contribution in [0, 0.1) is 0 Å². The summed E-state index contributed by atoms with van der Waals surface area (Å²) in [6, 6.07) is 22.6. The van der Waals surface area contributed by atoms with Crippen molar-refractivity contribution in [3.8, 4) is 45.7 Å². The molecule has 1 aromatic heterocycles. The lowest BCUT2D eigenvalue weighted by Crippen LogP contribution is -2.01. The number of hydrogen-bond acceptors (Lipinski definition) is 5. The van der Waals surface area contributed by atoms with Gasteiger partial charge < -0.3 is 9.84 Å². The lowest BCUT2D eigenvalue weighted by Gasteiger charge is -2.12. The van der Waals surface area contributed by atoms with Gasteiger partial charge in [0.15, 0.2) is 17.5 Å². The summed E-state index contributed by atoms with van der Waals surface area (Å²) in [5, 5.41) is 11.2. The zero-order valence-electron chi connectivity index (χ0n) is 18.5. The number of aromatic hydroxyl groups is 1. The second kappa shape index (κ2) is 10.9. The maximum atomic E-state index is 10.8. The van der Waals surface area contributed by atoms with Gasteiger partial charge in [0.25, 0.3) is 0 Å². The molecule has 0 saturated carbocycles. The molecule has 3 aromatic carbocycles. The number of hydrogen-bond donors (Lipinski definition) is 1. The number of aromatic nitrogens is 3. The molecule has 0 aliphatic carbocycles. The van der Waals surface area contributed by atoms with Crippen molar-refractivity contribution in [2.24, 2.45) is 0 Å². The SMILES string of the molecule is CCCCCCOc1cc(O)c(-c2nc(-c3ccccc3)nc(-c3ccccc3)n2)cc1Cl. The van der Waals surface area contributed by atoms with Gasteiger partial charge in [0.2, 0.25) is 0 Å². The average molecular weight is 460 g/mol. The molecule has 4 rings (SSSR count). The molecule has 0 unspecified atom stereocenters. The molecule has 0 bridgehead atoms. The van der Waals surface area contributed by atoms with Gasteiger partial charge in [-0.25, -0.2) is 15.0 Å². The highest BCUT2D eigenvalue weighted by Crippen LogP contribution is 2.37. The van der Waals surface area contributed by atoms with Gasteiger partial charge in [-0.3, -0.25) is 0 Å². The predicted octanol–water partition coefficient (Wildman–Crippen LogP) is 7.19. The predicted molar refractivity (Wildman–Crippen MR) is 132 cm³/mol. The molecule has 0 aliphatic heterocycles. The largest absolute Gasteiger partial charge is 0.507 e. The summed E-state index contributed by atoms with van der Waals surface area (Å²) < 4.78 is 5.80. The molecular formula is C27H26ClN3O2. The van der Waals surface area contributed by atoms with E-state index in [1.54, 1.807) is 6.07 Å². The van der Waals surface area contributed by atoms with Crippen molar-refractivity contribution in [1.82, 2.24) is 15.0 Å². The third kappa shape index (κ3) is 5.68. The number of phenolic OH excluding ortho intramolecular Hbond substituents is 1. The van der Waals surface area contributed by atoms with Gasteiger partial charge in [-0.1, -0.05) is 98.5 Å². The first kappa shape index (κ1) is 22.7. The molecule has 0 aliphatic rings. The van der Waals surface area contributed by atoms with Crippen molar-refractivity contribution in [3.05, 3.63) is 77.8 Å². The van der Waals surface area contributed by atoms with E-state index < -0.39 is 0 Å². The van der Waals surface area contributed by atoms with Crippen molar-refractivity contribution in [3.63, 3.8) is 0 Å². The van der Waals surface area contributed by atoms with Gasteiger partial charge >= 0.3 is 0 Å². The molecule has 6 heteroatoms. The van der Waals surface area contributed by atoms with Crippen LogP contribution >= 0.6 is 11.6 Å². The van der Waals surface area contributed by atoms with Crippen LogP contribution in [0.25, 0.3) is 34.2 Å². The molecule has 0 radical (unpaired) electrons. The van der Waals surface area contributed by atoms with Crippen molar-refractivity contribution in [1.29, 1.82) is 0 Å². The lowest BCUT2D eigenvalue weighted by atomic mass is 10.1. The van der Waals surface area contributed by atoms with E-state index in [0.717, 1.165) is 30.4 Å². The second-order valence-corrected chi connectivity index (χ2v) is 8.15. The fourth-order valence-electron chi connectivity index (χ4n) is 3.47. The van der Waals surface area contributed by atoms with Crippen LogP contribution in [0.2, 0.25) is 5.02 Å². The fourth-order valence-corrected chi connectivity index (χ4v) is 3.69. The Morgan fingerprint density at radius 3 is 1.91 bits per heavy atom. The highest BCUT2D eigenvalue weighted by Gasteiger charge is 2.17. The number of halogens is 1. The van der Waals surface area contributed by atoms with Crippen LogP contribution in [0.3, 0.4) is 0 Å². The molecule has 1 N–H and O–H groups in total. The molecule has 0 atom stereocenters. The highest BCUT2D eigenvalue weighted by molar-refractivity contribution is 6.32. The van der Waals surface area contributed by atoms with Crippen LogP contribution in [0.4, 0.5) is 0 Å². The lowest BCUT2D eigenvalue weighted by molar-refractivity contribution is 0.303. The summed E-state index contributed by atoms with van der Waals surface area (Å²) in [4.78, 5) is 14.0. The second-order valence-electron chi connectivity index (χ2n) is 7.75. The van der Waals surface area contributed by atoms with E-state index in [9.17, 15) is 5.11 Å². The first-order valence-corrected chi connectivity index (χ1v) is 11.6. The first-order chi connectivity index (χ1) is 16.2. The number of unbranched alkanes of at least 4 members (excludes halogenated alkanes) is 3. The van der Waals surface area contributed by atoms with Crippen LogP contribution in [-0.4, -0.2) is 26.7 Å². The molecule has 0 amide bonds. The van der Waals surface area contributed by atoms with Crippen LogP contribution in [0.15, 0.2) is 72.8 Å². The Kier molecular flexibility index (Phi) is 7.53. The van der Waals surface area contributed by atoms with Crippen LogP contribution in [-0.2, 0) is 0 Å². The third-order valence-corrected chi connectivity index (χ3v) is 5.54. The molecule has 1 heterocycles. The smallest absolute Gasteiger partial charge is 0.167 e. The quantitative estimate of drug-likeness (QED) is 0.268. The molecule has 168 valence electrons. The molecule has 33 heavy (non-hydrogen) atoms. The van der Waals surface area contributed by atoms with Gasteiger partial charge in [-0.05, 0) is 12.5 Å². The Labute approximate surface area is 199 Å². The minimum Gasteiger partial charge on any atom is -0.507 e. The maximum Gasteiger partial charge on any atom is 0.167 e. The van der Waals surface area contributed by atoms with Crippen molar-refractivity contribution >= 4 is 11.6 Å². The standard InChI is InChI=1S/C27H26ClN3O2/c1-2-3-4-11-16-33-24-18-23(32)21(17-22(24)28)27-30-25(19-12-7-5-8-13-19)29-26(31-27)20-14-9-6-10-15-20/h5-10,12-15,17-18,32H,2-4,11,16H2,1H3. The maximum absolute atomic E-state index is 10.8. The summed E-state index contributed by atoms with van der Waals surface area (Å²) in [7, 11) is 0. The Hall–Kier alpha value is -3.44. The van der Waals surface area contributed by atoms with Crippen LogP contribution in [0.1, 0.15) is 32.6 Å². The minimum absolute atomic E-state index is 0.00665. The zero-order chi connectivity index (χ0) is 23.0. The summed E-state index contributed by atoms with van der Waals surface area (Å²) in [6.07, 6.45) is 4.39. The topological polar surface area (TPSA) is 68.1 Å². The molecule has 5 nitrogen and oxygen atoms in total. The Bertz CT molecular complexity index is 1140. The van der Waals surface area contributed by atoms with Crippen molar-refractivity contribution in [2.75, 3.05) is 6.61 Å². The van der Waals surface area contributed by atoms with Gasteiger partial charge in [-0.2, -0.15) is 0 Å². The summed E-state index contributed by atoms with van der Waals surface area (Å²) in [5.74, 6) is 1.84. The molecule has 0 saturated heterocycles. The fraction of sp³-hybridized carbons (Fsp3) is 0.222. The third-order valence-electron chi connectivity index (χ3n) is 5.25. The Morgan fingerprint density at radius 1 is 0.758 bits per heavy atom. The van der Waals surface area contributed by atoms with Crippen molar-refractivity contribution < 1.29 is 9.84 Å². The summed E-state index contributed by atoms with van der Waals surface area (Å²) in [5.41, 5.74) is 2.14. The van der Waals surface area contributed by atoms with Gasteiger partial charge in [0.1, 0.15) is 11.5 Å². The monoisotopic (exact) mass is 459 g/mol. The van der Waals surface area contributed by atoms with Gasteiger partial charge in [0, 0.05) is 17.2 Å². The van der Waals surface area contributed by atoms with E-state index >= 15 is 0 Å². The Morgan fingerprint density at radius 2 is 1.33 bits per heavy atom. The highest BCUT2D eigenvalue weighted by atomic mass is 35.5.